The SMILES string of the molecule is C/C=C\C=C/C=C(C)/C(/C=C\C)=C/C=C(\C)Cn1c(C)c(C(=O)C(N)=O)c2c(OCC(=O)OC(C)(C)C)cccc21.CC. The van der Waals surface area contributed by atoms with Crippen molar-refractivity contribution in [3.63, 3.8) is 0 Å². The number of ether oxygens (including phenoxy) is 2. The minimum Gasteiger partial charge on any atom is -0.481 e. The van der Waals surface area contributed by atoms with Crippen molar-refractivity contribution in [2.45, 2.75) is 81.4 Å². The number of fused-ring (bicyclic) bond motifs is 1. The van der Waals surface area contributed by atoms with Gasteiger partial charge in [-0.2, -0.15) is 0 Å². The third-order valence-electron chi connectivity index (χ3n) is 6.05. The van der Waals surface area contributed by atoms with E-state index in [1.54, 1.807) is 39.8 Å². The van der Waals surface area contributed by atoms with Crippen LogP contribution in [0.15, 0.2) is 89.6 Å². The molecule has 7 nitrogen and oxygen atoms in total. The van der Waals surface area contributed by atoms with Crippen molar-refractivity contribution >= 4 is 28.6 Å². The van der Waals surface area contributed by atoms with Crippen molar-refractivity contribution in [3.8, 4) is 5.75 Å². The van der Waals surface area contributed by atoms with Crippen LogP contribution in [0.25, 0.3) is 10.9 Å². The Hall–Kier alpha value is -4.39. The van der Waals surface area contributed by atoms with E-state index in [-0.39, 0.29) is 12.2 Å². The number of aromatic nitrogens is 1. The summed E-state index contributed by atoms with van der Waals surface area (Å²) in [4.78, 5) is 37.2. The fourth-order valence-electron chi connectivity index (χ4n) is 4.23. The summed E-state index contributed by atoms with van der Waals surface area (Å²) in [7, 11) is 0. The molecule has 1 aromatic heterocycles. The summed E-state index contributed by atoms with van der Waals surface area (Å²) in [6, 6.07) is 5.28. The number of nitrogens with two attached hydrogens (primary N) is 1. The van der Waals surface area contributed by atoms with E-state index in [9.17, 15) is 14.4 Å². The summed E-state index contributed by atoms with van der Waals surface area (Å²) in [5.41, 5.74) is 9.37. The molecule has 43 heavy (non-hydrogen) atoms. The molecule has 2 aromatic rings. The van der Waals surface area contributed by atoms with Crippen LogP contribution in [-0.4, -0.2) is 34.4 Å². The second kappa shape index (κ2) is 17.5. The van der Waals surface area contributed by atoms with Gasteiger partial charge in [-0.3, -0.25) is 9.59 Å². The Morgan fingerprint density at radius 1 is 0.953 bits per heavy atom. The number of ketones is 1. The summed E-state index contributed by atoms with van der Waals surface area (Å²) >= 11 is 0. The number of carbonyl (C=O) groups excluding carboxylic acids is 3. The van der Waals surface area contributed by atoms with Gasteiger partial charge in [0.25, 0.3) is 11.7 Å². The zero-order valence-electron chi connectivity index (χ0n) is 27.4. The Morgan fingerprint density at radius 2 is 1.63 bits per heavy atom. The van der Waals surface area contributed by atoms with Gasteiger partial charge in [-0.05, 0) is 78.7 Å². The lowest BCUT2D eigenvalue weighted by Gasteiger charge is -2.19. The molecule has 1 amide bonds. The normalized spacial score (nSPS) is 13.1. The fourth-order valence-corrected chi connectivity index (χ4v) is 4.23. The highest BCUT2D eigenvalue weighted by atomic mass is 16.6. The first-order valence-electron chi connectivity index (χ1n) is 14.6. The van der Waals surface area contributed by atoms with E-state index in [2.05, 4.69) is 19.1 Å². The van der Waals surface area contributed by atoms with E-state index in [1.165, 1.54) is 0 Å². The number of benzene rings is 1. The van der Waals surface area contributed by atoms with Gasteiger partial charge in [0.1, 0.15) is 11.4 Å². The first kappa shape index (κ1) is 36.6. The van der Waals surface area contributed by atoms with Crippen LogP contribution in [-0.2, 0) is 20.9 Å². The Balaban J connectivity index is 0.00000452. The van der Waals surface area contributed by atoms with Gasteiger partial charge < -0.3 is 19.8 Å². The number of hydrogen-bond donors (Lipinski definition) is 1. The molecule has 0 aliphatic carbocycles. The molecule has 0 atom stereocenters. The first-order valence-corrected chi connectivity index (χ1v) is 14.6. The summed E-state index contributed by atoms with van der Waals surface area (Å²) < 4.78 is 13.1. The average Bonchev–Trinajstić information content (AvgIpc) is 3.22. The maximum Gasteiger partial charge on any atom is 0.344 e. The number of amides is 1. The van der Waals surface area contributed by atoms with Crippen LogP contribution in [0.4, 0.5) is 0 Å². The lowest BCUT2D eigenvalue weighted by molar-refractivity contribution is -0.157. The largest absolute Gasteiger partial charge is 0.481 e. The number of rotatable bonds is 12. The number of hydrogen-bond acceptors (Lipinski definition) is 5. The quantitative estimate of drug-likeness (QED) is 0.118. The summed E-state index contributed by atoms with van der Waals surface area (Å²) in [6.45, 7) is 19.2. The zero-order chi connectivity index (χ0) is 32.7. The van der Waals surface area contributed by atoms with Crippen LogP contribution in [0.1, 0.15) is 78.4 Å². The second-order valence-corrected chi connectivity index (χ2v) is 10.7. The van der Waals surface area contributed by atoms with E-state index in [1.807, 2.05) is 87.8 Å². The van der Waals surface area contributed by atoms with Crippen LogP contribution < -0.4 is 10.5 Å². The molecule has 0 aliphatic rings. The molecule has 1 heterocycles. The topological polar surface area (TPSA) is 101 Å². The van der Waals surface area contributed by atoms with Gasteiger partial charge in [-0.25, -0.2) is 4.79 Å². The van der Waals surface area contributed by atoms with E-state index < -0.39 is 23.3 Å². The molecule has 0 saturated heterocycles. The molecule has 0 spiro atoms. The van der Waals surface area contributed by atoms with Crippen LogP contribution in [0.3, 0.4) is 0 Å². The van der Waals surface area contributed by atoms with Crippen molar-refractivity contribution in [1.29, 1.82) is 0 Å². The molecule has 2 N–H and O–H groups in total. The predicted molar refractivity (Wildman–Crippen MR) is 177 cm³/mol. The van der Waals surface area contributed by atoms with E-state index in [4.69, 9.17) is 15.2 Å². The van der Waals surface area contributed by atoms with Crippen LogP contribution in [0.2, 0.25) is 0 Å². The van der Waals surface area contributed by atoms with Gasteiger partial charge in [0.2, 0.25) is 0 Å². The van der Waals surface area contributed by atoms with E-state index in [0.717, 1.165) is 16.7 Å². The number of esters is 1. The molecule has 0 bridgehead atoms. The maximum absolute atomic E-state index is 13.0. The average molecular weight is 589 g/mol. The molecular weight excluding hydrogens is 540 g/mol. The standard InChI is InChI=1S/C34H42N2O5.C2H6/c1-9-11-12-13-16-24(4)26(15-10-2)20-19-23(3)21-36-25(5)30(32(38)33(35)39)31-27(36)17-14-18-28(31)40-22-29(37)41-34(6,7)8;1-2/h9-20H,21-22H2,1-8H3,(H2,35,39);1-2H3/b11-9-,13-12-,15-10-,23-19+,24-16+,26-20+;. The molecule has 0 saturated carbocycles. The second-order valence-electron chi connectivity index (χ2n) is 10.7. The number of primary amides is 1. The van der Waals surface area contributed by atoms with Gasteiger partial charge >= 0.3 is 5.97 Å². The van der Waals surface area contributed by atoms with Crippen molar-refractivity contribution < 1.29 is 23.9 Å². The summed E-state index contributed by atoms with van der Waals surface area (Å²) in [6.07, 6.45) is 18.1. The molecule has 0 unspecified atom stereocenters. The first-order chi connectivity index (χ1) is 20.3. The lowest BCUT2D eigenvalue weighted by atomic mass is 10.1. The molecule has 1 aromatic carbocycles. The Morgan fingerprint density at radius 3 is 2.21 bits per heavy atom. The minimum atomic E-state index is -1.06. The van der Waals surface area contributed by atoms with Gasteiger partial charge in [0.15, 0.2) is 6.61 Å². The summed E-state index contributed by atoms with van der Waals surface area (Å²) in [5.74, 6) is -2.13. The molecule has 0 aliphatic heterocycles. The van der Waals surface area contributed by atoms with E-state index in [0.29, 0.717) is 28.9 Å². The zero-order valence-corrected chi connectivity index (χ0v) is 27.4. The van der Waals surface area contributed by atoms with Gasteiger partial charge in [0.05, 0.1) is 16.5 Å². The van der Waals surface area contributed by atoms with E-state index >= 15 is 0 Å². The number of nitrogens with zero attached hydrogens (tertiary/aromatic N) is 1. The predicted octanol–water partition coefficient (Wildman–Crippen LogP) is 7.89. The highest BCUT2D eigenvalue weighted by molar-refractivity contribution is 6.45. The third kappa shape index (κ3) is 11.1. The number of Topliss-reactive ketones (excluding diaryl/α,β-unsaturated/α-hetero) is 1. The summed E-state index contributed by atoms with van der Waals surface area (Å²) in [5, 5.41) is 0.432. The monoisotopic (exact) mass is 588 g/mol. The lowest BCUT2D eigenvalue weighted by Crippen LogP contribution is -2.27. The maximum atomic E-state index is 13.0. The molecule has 2 rings (SSSR count). The molecule has 0 fully saturated rings. The van der Waals surface area contributed by atoms with Gasteiger partial charge in [-0.15, -0.1) is 0 Å². The Labute approximate surface area is 257 Å². The third-order valence-corrected chi connectivity index (χ3v) is 6.05. The highest BCUT2D eigenvalue weighted by Crippen LogP contribution is 2.34. The van der Waals surface area contributed by atoms with Crippen molar-refractivity contribution in [2.75, 3.05) is 6.61 Å². The van der Waals surface area contributed by atoms with Crippen LogP contribution in [0.5, 0.6) is 5.75 Å². The van der Waals surface area contributed by atoms with Gasteiger partial charge in [-0.1, -0.05) is 80.2 Å². The van der Waals surface area contributed by atoms with Crippen molar-refractivity contribution in [1.82, 2.24) is 4.57 Å². The molecular formula is C36H48N2O5. The van der Waals surface area contributed by atoms with Gasteiger partial charge in [0, 0.05) is 12.2 Å². The van der Waals surface area contributed by atoms with Crippen LogP contribution in [0, 0.1) is 6.92 Å². The van der Waals surface area contributed by atoms with Crippen molar-refractivity contribution in [2.24, 2.45) is 5.73 Å². The highest BCUT2D eigenvalue weighted by Gasteiger charge is 2.26. The fraction of sp³-hybridized carbons (Fsp3) is 0.361. The number of allylic oxidation sites excluding steroid dienone is 12. The number of carbonyl (C=O) groups is 3. The molecule has 7 heteroatoms. The Kier molecular flexibility index (Phi) is 14.9. The smallest absolute Gasteiger partial charge is 0.344 e. The Bertz CT molecular complexity index is 1470. The molecule has 232 valence electrons. The van der Waals surface area contributed by atoms with Crippen LogP contribution >= 0.6 is 0 Å². The minimum absolute atomic E-state index is 0.164. The molecule has 0 radical (unpaired) electrons. The van der Waals surface area contributed by atoms with Crippen molar-refractivity contribution in [3.05, 3.63) is 101 Å².